The number of halogens is 1. The number of rotatable bonds is 7. The van der Waals surface area contributed by atoms with Gasteiger partial charge < -0.3 is 4.74 Å². The van der Waals surface area contributed by atoms with Crippen LogP contribution in [0, 0.1) is 5.82 Å². The number of aryl methyl sites for hydroxylation is 1. The third-order valence-corrected chi connectivity index (χ3v) is 4.32. The maximum absolute atomic E-state index is 14.0. The average molecular weight is 329 g/mol. The summed E-state index contributed by atoms with van der Waals surface area (Å²) in [6.45, 7) is 4.91. The minimum absolute atomic E-state index is 0.160. The summed E-state index contributed by atoms with van der Waals surface area (Å²) in [5, 5.41) is 0. The van der Waals surface area contributed by atoms with E-state index in [2.05, 4.69) is 14.9 Å². The molecule has 2 aromatic rings. The second kappa shape index (κ2) is 8.31. The summed E-state index contributed by atoms with van der Waals surface area (Å²) in [4.78, 5) is 10.9. The maximum Gasteiger partial charge on any atom is 0.127 e. The van der Waals surface area contributed by atoms with E-state index in [0.29, 0.717) is 18.7 Å². The molecule has 4 nitrogen and oxygen atoms in total. The van der Waals surface area contributed by atoms with Crippen LogP contribution < -0.4 is 0 Å². The third kappa shape index (κ3) is 4.58. The van der Waals surface area contributed by atoms with Crippen molar-refractivity contribution < 1.29 is 9.13 Å². The van der Waals surface area contributed by atoms with Crippen LogP contribution in [0.4, 0.5) is 4.39 Å². The fraction of sp³-hybridized carbons (Fsp3) is 0.474. The van der Waals surface area contributed by atoms with Crippen molar-refractivity contribution in [1.29, 1.82) is 0 Å². The highest BCUT2D eigenvalue weighted by Crippen LogP contribution is 2.18. The van der Waals surface area contributed by atoms with Crippen molar-refractivity contribution in [2.75, 3.05) is 13.2 Å². The number of aromatic nitrogens is 2. The van der Waals surface area contributed by atoms with Gasteiger partial charge in [0.2, 0.25) is 0 Å². The Kier molecular flexibility index (Phi) is 5.88. The van der Waals surface area contributed by atoms with Crippen LogP contribution in [0.15, 0.2) is 36.7 Å². The van der Waals surface area contributed by atoms with Crippen molar-refractivity contribution in [2.24, 2.45) is 0 Å². The van der Waals surface area contributed by atoms with Gasteiger partial charge in [-0.25, -0.2) is 14.4 Å². The van der Waals surface area contributed by atoms with E-state index in [4.69, 9.17) is 4.74 Å². The molecule has 2 heterocycles. The average Bonchev–Trinajstić information content (AvgIpc) is 3.10. The van der Waals surface area contributed by atoms with Gasteiger partial charge in [-0.1, -0.05) is 25.1 Å². The summed E-state index contributed by atoms with van der Waals surface area (Å²) in [7, 11) is 0. The number of hydrogen-bond acceptors (Lipinski definition) is 4. The Labute approximate surface area is 142 Å². The molecular weight excluding hydrogens is 305 g/mol. The van der Waals surface area contributed by atoms with Crippen LogP contribution in [0.3, 0.4) is 0 Å². The molecule has 0 bridgehead atoms. The number of nitrogens with zero attached hydrogens (tertiary/aromatic N) is 3. The van der Waals surface area contributed by atoms with Crippen molar-refractivity contribution in [3.63, 3.8) is 0 Å². The lowest BCUT2D eigenvalue weighted by Gasteiger charge is -2.25. The Hall–Kier alpha value is -1.85. The molecule has 1 aromatic carbocycles. The van der Waals surface area contributed by atoms with Crippen LogP contribution in [0.25, 0.3) is 0 Å². The summed E-state index contributed by atoms with van der Waals surface area (Å²) >= 11 is 0. The lowest BCUT2D eigenvalue weighted by atomic mass is 10.1. The Morgan fingerprint density at radius 2 is 2.00 bits per heavy atom. The van der Waals surface area contributed by atoms with Gasteiger partial charge in [0, 0.05) is 56.2 Å². The summed E-state index contributed by atoms with van der Waals surface area (Å²) in [6.07, 6.45) is 6.97. The van der Waals surface area contributed by atoms with Gasteiger partial charge in [0.25, 0.3) is 0 Å². The fourth-order valence-electron chi connectivity index (χ4n) is 3.03. The van der Waals surface area contributed by atoms with Crippen LogP contribution >= 0.6 is 0 Å². The van der Waals surface area contributed by atoms with Crippen molar-refractivity contribution in [2.45, 2.75) is 45.4 Å². The second-order valence-electron chi connectivity index (χ2n) is 6.26. The first-order chi connectivity index (χ1) is 11.7. The highest BCUT2D eigenvalue weighted by Gasteiger charge is 2.20. The number of benzene rings is 1. The van der Waals surface area contributed by atoms with E-state index in [9.17, 15) is 4.39 Å². The van der Waals surface area contributed by atoms with Gasteiger partial charge in [0.05, 0.1) is 6.10 Å². The Morgan fingerprint density at radius 3 is 2.67 bits per heavy atom. The summed E-state index contributed by atoms with van der Waals surface area (Å²) in [5.41, 5.74) is 1.75. The standard InChI is InChI=1S/C19H24FN3O/c1-2-19-21-10-15(11-22-19)12-23(14-17-7-5-9-24-17)13-16-6-3-4-8-18(16)20/h3-4,6,8,10-11,17H,2,5,7,9,12-14H2,1H3. The molecule has 0 aliphatic carbocycles. The highest BCUT2D eigenvalue weighted by atomic mass is 19.1. The van der Waals surface area contributed by atoms with E-state index in [1.807, 2.05) is 31.5 Å². The minimum Gasteiger partial charge on any atom is -0.377 e. The molecular formula is C19H24FN3O. The topological polar surface area (TPSA) is 38.2 Å². The van der Waals surface area contributed by atoms with E-state index < -0.39 is 0 Å². The van der Waals surface area contributed by atoms with Gasteiger partial charge in [0.1, 0.15) is 11.6 Å². The van der Waals surface area contributed by atoms with Crippen LogP contribution in [0.5, 0.6) is 0 Å². The van der Waals surface area contributed by atoms with E-state index >= 15 is 0 Å². The lowest BCUT2D eigenvalue weighted by Crippen LogP contribution is -2.31. The molecule has 0 N–H and O–H groups in total. The SMILES string of the molecule is CCc1ncc(CN(Cc2ccccc2F)CC2CCCO2)cn1. The largest absolute Gasteiger partial charge is 0.377 e. The van der Waals surface area contributed by atoms with E-state index in [1.54, 1.807) is 6.07 Å². The van der Waals surface area contributed by atoms with Gasteiger partial charge in [-0.3, -0.25) is 4.90 Å². The normalized spacial score (nSPS) is 17.5. The first-order valence-corrected chi connectivity index (χ1v) is 8.61. The van der Waals surface area contributed by atoms with Crippen LogP contribution in [0.2, 0.25) is 0 Å². The van der Waals surface area contributed by atoms with E-state index in [1.165, 1.54) is 6.07 Å². The molecule has 1 atom stereocenters. The molecule has 0 spiro atoms. The zero-order valence-electron chi connectivity index (χ0n) is 14.1. The Bertz CT molecular complexity index is 641. The summed E-state index contributed by atoms with van der Waals surface area (Å²) < 4.78 is 19.8. The first-order valence-electron chi connectivity index (χ1n) is 8.61. The molecule has 1 aliphatic heterocycles. The van der Waals surface area contributed by atoms with Gasteiger partial charge in [-0.15, -0.1) is 0 Å². The Morgan fingerprint density at radius 1 is 1.21 bits per heavy atom. The van der Waals surface area contributed by atoms with Crippen LogP contribution in [-0.4, -0.2) is 34.1 Å². The van der Waals surface area contributed by atoms with E-state index in [0.717, 1.165) is 43.8 Å². The van der Waals surface area contributed by atoms with Crippen LogP contribution in [-0.2, 0) is 24.2 Å². The van der Waals surface area contributed by atoms with Crippen LogP contribution in [0.1, 0.15) is 36.7 Å². The molecule has 1 aromatic heterocycles. The lowest BCUT2D eigenvalue weighted by molar-refractivity contribution is 0.0674. The van der Waals surface area contributed by atoms with Gasteiger partial charge >= 0.3 is 0 Å². The molecule has 3 rings (SSSR count). The Balaban J connectivity index is 1.71. The first kappa shape index (κ1) is 17.0. The number of ether oxygens (including phenoxy) is 1. The monoisotopic (exact) mass is 329 g/mol. The quantitative estimate of drug-likeness (QED) is 0.781. The van der Waals surface area contributed by atoms with Crippen molar-refractivity contribution in [3.05, 3.63) is 59.4 Å². The van der Waals surface area contributed by atoms with Gasteiger partial charge in [0.15, 0.2) is 0 Å². The summed E-state index contributed by atoms with van der Waals surface area (Å²) in [6, 6.07) is 6.95. The molecule has 24 heavy (non-hydrogen) atoms. The molecule has 1 fully saturated rings. The summed E-state index contributed by atoms with van der Waals surface area (Å²) in [5.74, 6) is 0.686. The molecule has 1 saturated heterocycles. The second-order valence-corrected chi connectivity index (χ2v) is 6.26. The molecule has 5 heteroatoms. The smallest absolute Gasteiger partial charge is 0.127 e. The predicted molar refractivity (Wildman–Crippen MR) is 90.9 cm³/mol. The van der Waals surface area contributed by atoms with Gasteiger partial charge in [-0.05, 0) is 18.9 Å². The number of hydrogen-bond donors (Lipinski definition) is 0. The zero-order valence-corrected chi connectivity index (χ0v) is 14.1. The predicted octanol–water partition coefficient (Wildman–Crippen LogP) is 3.36. The fourth-order valence-corrected chi connectivity index (χ4v) is 3.03. The molecule has 128 valence electrons. The van der Waals surface area contributed by atoms with Crippen molar-refractivity contribution in [3.8, 4) is 0 Å². The molecule has 0 radical (unpaired) electrons. The van der Waals surface area contributed by atoms with Gasteiger partial charge in [-0.2, -0.15) is 0 Å². The molecule has 1 aliphatic rings. The minimum atomic E-state index is -0.160. The zero-order chi connectivity index (χ0) is 16.8. The third-order valence-electron chi connectivity index (χ3n) is 4.32. The highest BCUT2D eigenvalue weighted by molar-refractivity contribution is 5.17. The maximum atomic E-state index is 14.0. The van der Waals surface area contributed by atoms with Crippen molar-refractivity contribution in [1.82, 2.24) is 14.9 Å². The van der Waals surface area contributed by atoms with Crippen molar-refractivity contribution >= 4 is 0 Å². The van der Waals surface area contributed by atoms with E-state index in [-0.39, 0.29) is 11.9 Å². The molecule has 0 saturated carbocycles. The molecule has 1 unspecified atom stereocenters. The molecule has 0 amide bonds.